The molecule has 1 fully saturated rings. The maximum absolute atomic E-state index is 12.3. The van der Waals surface area contributed by atoms with Gasteiger partial charge < -0.3 is 9.42 Å². The lowest BCUT2D eigenvalue weighted by molar-refractivity contribution is -0.117. The summed E-state index contributed by atoms with van der Waals surface area (Å²) in [6.45, 7) is 0.542. The number of rotatable bonds is 3. The Morgan fingerprint density at radius 1 is 1.12 bits per heavy atom. The molecule has 5 nitrogen and oxygen atoms in total. The predicted octanol–water partition coefficient (Wildman–Crippen LogP) is 3.91. The molecule has 0 N–H and O–H groups in total. The van der Waals surface area contributed by atoms with Crippen LogP contribution < -0.4 is 4.90 Å². The van der Waals surface area contributed by atoms with Gasteiger partial charge in [0.25, 0.3) is 0 Å². The second-order valence-corrected chi connectivity index (χ2v) is 6.14. The molecule has 0 bridgehead atoms. The Balaban J connectivity index is 1.57. The summed E-state index contributed by atoms with van der Waals surface area (Å²) in [5, 5.41) is 4.64. The number of halogens is 1. The van der Waals surface area contributed by atoms with Crippen molar-refractivity contribution < 1.29 is 9.32 Å². The lowest BCUT2D eigenvalue weighted by atomic mass is 10.1. The second-order valence-electron chi connectivity index (χ2n) is 5.71. The minimum absolute atomic E-state index is 0.0636. The van der Waals surface area contributed by atoms with E-state index in [1.54, 1.807) is 17.0 Å². The molecular weight excluding hydrogens is 326 g/mol. The summed E-state index contributed by atoms with van der Waals surface area (Å²) in [7, 11) is 0. The van der Waals surface area contributed by atoms with Crippen molar-refractivity contribution in [3.8, 4) is 11.4 Å². The highest BCUT2D eigenvalue weighted by atomic mass is 35.5. The molecule has 0 aliphatic carbocycles. The summed E-state index contributed by atoms with van der Waals surface area (Å²) in [5.41, 5.74) is 1.68. The van der Waals surface area contributed by atoms with Gasteiger partial charge in [-0.1, -0.05) is 47.1 Å². The smallest absolute Gasteiger partial charge is 0.232 e. The van der Waals surface area contributed by atoms with Crippen LogP contribution in [0.5, 0.6) is 0 Å². The van der Waals surface area contributed by atoms with Gasteiger partial charge in [-0.3, -0.25) is 4.79 Å². The molecule has 120 valence electrons. The highest BCUT2D eigenvalue weighted by Gasteiger charge is 2.35. The van der Waals surface area contributed by atoms with Gasteiger partial charge in [0.1, 0.15) is 0 Å². The van der Waals surface area contributed by atoms with Crippen molar-refractivity contribution in [3.05, 3.63) is 65.5 Å². The van der Waals surface area contributed by atoms with Crippen LogP contribution in [0.15, 0.2) is 59.1 Å². The molecule has 3 aromatic rings. The number of carbonyl (C=O) groups excluding carboxylic acids is 1. The minimum atomic E-state index is -0.0989. The molecule has 0 radical (unpaired) electrons. The largest absolute Gasteiger partial charge is 0.339 e. The molecule has 1 aliphatic heterocycles. The molecule has 4 rings (SSSR count). The number of amides is 1. The van der Waals surface area contributed by atoms with Gasteiger partial charge in [-0.05, 0) is 24.3 Å². The number of benzene rings is 2. The van der Waals surface area contributed by atoms with Crippen LogP contribution in [0.4, 0.5) is 5.69 Å². The molecule has 2 aromatic carbocycles. The lowest BCUT2D eigenvalue weighted by Crippen LogP contribution is -2.24. The third-order valence-corrected chi connectivity index (χ3v) is 4.30. The van der Waals surface area contributed by atoms with Crippen molar-refractivity contribution in [1.82, 2.24) is 10.1 Å². The van der Waals surface area contributed by atoms with Crippen molar-refractivity contribution in [2.75, 3.05) is 11.4 Å². The average molecular weight is 340 g/mol. The van der Waals surface area contributed by atoms with Crippen LogP contribution >= 0.6 is 11.6 Å². The van der Waals surface area contributed by atoms with E-state index in [1.165, 1.54) is 0 Å². The molecule has 1 amide bonds. The number of carbonyl (C=O) groups is 1. The lowest BCUT2D eigenvalue weighted by Gasteiger charge is -2.15. The summed E-state index contributed by atoms with van der Waals surface area (Å²) < 4.78 is 5.39. The molecule has 2 heterocycles. The van der Waals surface area contributed by atoms with E-state index in [0.717, 1.165) is 11.3 Å². The van der Waals surface area contributed by atoms with E-state index in [4.69, 9.17) is 16.1 Å². The quantitative estimate of drug-likeness (QED) is 0.726. The Morgan fingerprint density at radius 3 is 2.75 bits per heavy atom. The SMILES string of the molecule is O=C1CC(c2nc(-c3cccc(Cl)c3)no2)CN1c1ccccc1. The van der Waals surface area contributed by atoms with Crippen LogP contribution in [0, 0.1) is 0 Å². The molecule has 1 atom stereocenters. The number of hydrogen-bond acceptors (Lipinski definition) is 4. The van der Waals surface area contributed by atoms with E-state index in [0.29, 0.717) is 29.7 Å². The van der Waals surface area contributed by atoms with Gasteiger partial charge in [0.15, 0.2) is 0 Å². The third kappa shape index (κ3) is 2.78. The highest BCUT2D eigenvalue weighted by Crippen LogP contribution is 2.32. The van der Waals surface area contributed by atoms with Gasteiger partial charge in [0, 0.05) is 29.2 Å². The van der Waals surface area contributed by atoms with E-state index < -0.39 is 0 Å². The zero-order valence-corrected chi connectivity index (χ0v) is 13.5. The van der Waals surface area contributed by atoms with Gasteiger partial charge in [-0.2, -0.15) is 4.98 Å². The topological polar surface area (TPSA) is 59.2 Å². The molecule has 1 unspecified atom stereocenters. The first-order chi connectivity index (χ1) is 11.7. The fraction of sp³-hybridized carbons (Fsp3) is 0.167. The predicted molar refractivity (Wildman–Crippen MR) is 90.9 cm³/mol. The molecule has 6 heteroatoms. The van der Waals surface area contributed by atoms with Crippen molar-refractivity contribution in [2.24, 2.45) is 0 Å². The van der Waals surface area contributed by atoms with Gasteiger partial charge in [0.2, 0.25) is 17.6 Å². The Bertz CT molecular complexity index is 879. The molecule has 0 spiro atoms. The monoisotopic (exact) mass is 339 g/mol. The second kappa shape index (κ2) is 6.09. The molecular formula is C18H14ClN3O2. The van der Waals surface area contributed by atoms with Crippen LogP contribution in [0.1, 0.15) is 18.2 Å². The normalized spacial score (nSPS) is 17.5. The van der Waals surface area contributed by atoms with Crippen LogP contribution in [0.3, 0.4) is 0 Å². The minimum Gasteiger partial charge on any atom is -0.339 e. The average Bonchev–Trinajstić information content (AvgIpc) is 3.22. The number of aromatic nitrogens is 2. The number of anilines is 1. The molecule has 0 saturated carbocycles. The molecule has 1 saturated heterocycles. The van der Waals surface area contributed by atoms with Gasteiger partial charge in [-0.25, -0.2) is 0 Å². The van der Waals surface area contributed by atoms with Gasteiger partial charge >= 0.3 is 0 Å². The Morgan fingerprint density at radius 2 is 1.96 bits per heavy atom. The summed E-state index contributed by atoms with van der Waals surface area (Å²) in [6.07, 6.45) is 0.367. The first-order valence-electron chi connectivity index (χ1n) is 7.65. The zero-order valence-electron chi connectivity index (χ0n) is 12.7. The van der Waals surface area contributed by atoms with Crippen molar-refractivity contribution in [2.45, 2.75) is 12.3 Å². The first-order valence-corrected chi connectivity index (χ1v) is 8.03. The maximum atomic E-state index is 12.3. The fourth-order valence-electron chi connectivity index (χ4n) is 2.88. The molecule has 1 aromatic heterocycles. The Kier molecular flexibility index (Phi) is 3.78. The van der Waals surface area contributed by atoms with Crippen LogP contribution in [0.25, 0.3) is 11.4 Å². The van der Waals surface area contributed by atoms with E-state index in [1.807, 2.05) is 42.5 Å². The van der Waals surface area contributed by atoms with E-state index in [2.05, 4.69) is 10.1 Å². The third-order valence-electron chi connectivity index (χ3n) is 4.07. The first kappa shape index (κ1) is 14.9. The van der Waals surface area contributed by atoms with Crippen LogP contribution in [0.2, 0.25) is 5.02 Å². The summed E-state index contributed by atoms with van der Waals surface area (Å²) in [4.78, 5) is 18.5. The summed E-state index contributed by atoms with van der Waals surface area (Å²) >= 11 is 6.00. The fourth-order valence-corrected chi connectivity index (χ4v) is 3.07. The highest BCUT2D eigenvalue weighted by molar-refractivity contribution is 6.30. The molecule has 24 heavy (non-hydrogen) atoms. The van der Waals surface area contributed by atoms with Gasteiger partial charge in [-0.15, -0.1) is 0 Å². The van der Waals surface area contributed by atoms with E-state index in [-0.39, 0.29) is 11.8 Å². The van der Waals surface area contributed by atoms with Crippen LogP contribution in [-0.4, -0.2) is 22.6 Å². The van der Waals surface area contributed by atoms with E-state index >= 15 is 0 Å². The Hall–Kier alpha value is -2.66. The van der Waals surface area contributed by atoms with Crippen LogP contribution in [-0.2, 0) is 4.79 Å². The number of para-hydroxylation sites is 1. The van der Waals surface area contributed by atoms with E-state index in [9.17, 15) is 4.79 Å². The van der Waals surface area contributed by atoms with Crippen molar-refractivity contribution in [1.29, 1.82) is 0 Å². The summed E-state index contributed by atoms with van der Waals surface area (Å²) in [6, 6.07) is 16.9. The van der Waals surface area contributed by atoms with Gasteiger partial charge in [0.05, 0.1) is 5.92 Å². The standard InChI is InChI=1S/C18H14ClN3O2/c19-14-6-4-5-12(9-14)17-20-18(24-21-17)13-10-16(23)22(11-13)15-7-2-1-3-8-15/h1-9,13H,10-11H2. The molecule has 1 aliphatic rings. The summed E-state index contributed by atoms with van der Waals surface area (Å²) in [5.74, 6) is 0.932. The Labute approximate surface area is 143 Å². The zero-order chi connectivity index (χ0) is 16.5. The number of nitrogens with zero attached hydrogens (tertiary/aromatic N) is 3. The number of hydrogen-bond donors (Lipinski definition) is 0. The van der Waals surface area contributed by atoms with Crippen molar-refractivity contribution >= 4 is 23.2 Å². The van der Waals surface area contributed by atoms with Crippen molar-refractivity contribution in [3.63, 3.8) is 0 Å². The maximum Gasteiger partial charge on any atom is 0.232 e.